The Labute approximate surface area is 105 Å². The van der Waals surface area contributed by atoms with Crippen LogP contribution < -0.4 is 19.5 Å². The average Bonchev–Trinajstić information content (AvgIpc) is 2.37. The molecule has 6 heteroatoms. The van der Waals surface area contributed by atoms with Crippen LogP contribution in [0.4, 0.5) is 4.39 Å². The number of nitrogens with one attached hydrogen (secondary N) is 1. The zero-order valence-electron chi connectivity index (χ0n) is 10.9. The van der Waals surface area contributed by atoms with Crippen molar-refractivity contribution >= 4 is 0 Å². The summed E-state index contributed by atoms with van der Waals surface area (Å²) >= 11 is 0. The predicted molar refractivity (Wildman–Crippen MR) is 64.9 cm³/mol. The second-order valence-electron chi connectivity index (χ2n) is 3.61. The SMILES string of the molecule is CNCC(O)c1c(OC)c(F)cc(OC)c1OC. The summed E-state index contributed by atoms with van der Waals surface area (Å²) in [6.45, 7) is 0.235. The van der Waals surface area contributed by atoms with Crippen LogP contribution in [0.1, 0.15) is 11.7 Å². The lowest BCUT2D eigenvalue weighted by Gasteiger charge is -2.20. The van der Waals surface area contributed by atoms with Gasteiger partial charge in [0.25, 0.3) is 0 Å². The predicted octanol–water partition coefficient (Wildman–Crippen LogP) is 1.10. The third-order valence-electron chi connectivity index (χ3n) is 2.55. The van der Waals surface area contributed by atoms with Crippen LogP contribution in [-0.2, 0) is 0 Å². The summed E-state index contributed by atoms with van der Waals surface area (Å²) in [4.78, 5) is 0. The number of halogens is 1. The second kappa shape index (κ2) is 6.42. The first kappa shape index (κ1) is 14.5. The molecule has 18 heavy (non-hydrogen) atoms. The van der Waals surface area contributed by atoms with Gasteiger partial charge in [-0.1, -0.05) is 0 Å². The maximum Gasteiger partial charge on any atom is 0.170 e. The van der Waals surface area contributed by atoms with Gasteiger partial charge in [-0.3, -0.25) is 0 Å². The number of methoxy groups -OCH3 is 3. The second-order valence-corrected chi connectivity index (χ2v) is 3.61. The zero-order valence-corrected chi connectivity index (χ0v) is 10.9. The van der Waals surface area contributed by atoms with Crippen LogP contribution >= 0.6 is 0 Å². The van der Waals surface area contributed by atoms with Gasteiger partial charge in [0.15, 0.2) is 23.1 Å². The van der Waals surface area contributed by atoms with E-state index < -0.39 is 11.9 Å². The summed E-state index contributed by atoms with van der Waals surface area (Å²) in [6, 6.07) is 1.16. The number of hydrogen-bond donors (Lipinski definition) is 2. The van der Waals surface area contributed by atoms with E-state index in [1.54, 1.807) is 7.05 Å². The topological polar surface area (TPSA) is 60.0 Å². The molecule has 0 heterocycles. The molecule has 0 saturated carbocycles. The van der Waals surface area contributed by atoms with E-state index in [9.17, 15) is 9.50 Å². The molecule has 1 atom stereocenters. The van der Waals surface area contributed by atoms with Crippen LogP contribution in [-0.4, -0.2) is 40.0 Å². The highest BCUT2D eigenvalue weighted by Crippen LogP contribution is 2.42. The Hall–Kier alpha value is -1.53. The molecule has 0 aliphatic carbocycles. The van der Waals surface area contributed by atoms with E-state index in [1.807, 2.05) is 0 Å². The smallest absolute Gasteiger partial charge is 0.170 e. The lowest BCUT2D eigenvalue weighted by molar-refractivity contribution is 0.166. The average molecular weight is 259 g/mol. The molecule has 5 nitrogen and oxygen atoms in total. The molecular formula is C12H18FNO4. The van der Waals surface area contributed by atoms with Crippen LogP contribution in [0.5, 0.6) is 17.2 Å². The number of hydrogen-bond acceptors (Lipinski definition) is 5. The van der Waals surface area contributed by atoms with Crippen molar-refractivity contribution in [3.05, 3.63) is 17.4 Å². The molecular weight excluding hydrogens is 241 g/mol. The Bertz CT molecular complexity index is 412. The van der Waals surface area contributed by atoms with Gasteiger partial charge >= 0.3 is 0 Å². The third kappa shape index (κ3) is 2.65. The standard InChI is InChI=1S/C12H18FNO4/c1-14-6-8(15)10-11(17-3)7(13)5-9(16-2)12(10)18-4/h5,8,14-15H,6H2,1-4H3. The summed E-state index contributed by atoms with van der Waals surface area (Å²) < 4.78 is 29.0. The molecule has 0 amide bonds. The Morgan fingerprint density at radius 2 is 1.83 bits per heavy atom. The number of benzene rings is 1. The highest BCUT2D eigenvalue weighted by atomic mass is 19.1. The van der Waals surface area contributed by atoms with Crippen molar-refractivity contribution in [2.45, 2.75) is 6.10 Å². The van der Waals surface area contributed by atoms with Crippen molar-refractivity contribution in [1.29, 1.82) is 0 Å². The fourth-order valence-corrected chi connectivity index (χ4v) is 1.78. The number of aliphatic hydroxyl groups excluding tert-OH is 1. The van der Waals surface area contributed by atoms with Crippen molar-refractivity contribution in [2.75, 3.05) is 34.9 Å². The molecule has 2 N–H and O–H groups in total. The molecule has 1 rings (SSSR count). The van der Waals surface area contributed by atoms with Crippen LogP contribution in [0.15, 0.2) is 6.07 Å². The Morgan fingerprint density at radius 3 is 2.28 bits per heavy atom. The Morgan fingerprint density at radius 1 is 1.22 bits per heavy atom. The fourth-order valence-electron chi connectivity index (χ4n) is 1.78. The van der Waals surface area contributed by atoms with Crippen molar-refractivity contribution in [1.82, 2.24) is 5.32 Å². The minimum atomic E-state index is -0.968. The Kier molecular flexibility index (Phi) is 5.18. The van der Waals surface area contributed by atoms with Gasteiger partial charge in [0.2, 0.25) is 0 Å². The van der Waals surface area contributed by atoms with Gasteiger partial charge in [-0.05, 0) is 7.05 Å². The normalized spacial score (nSPS) is 12.1. The molecule has 0 saturated heterocycles. The third-order valence-corrected chi connectivity index (χ3v) is 2.55. The number of rotatable bonds is 6. The molecule has 0 bridgehead atoms. The summed E-state index contributed by atoms with van der Waals surface area (Å²) in [5, 5.41) is 12.8. The number of ether oxygens (including phenoxy) is 3. The zero-order chi connectivity index (χ0) is 13.7. The maximum absolute atomic E-state index is 13.8. The summed E-state index contributed by atoms with van der Waals surface area (Å²) in [6.07, 6.45) is -0.968. The van der Waals surface area contributed by atoms with Crippen molar-refractivity contribution in [3.8, 4) is 17.2 Å². The monoisotopic (exact) mass is 259 g/mol. The van der Waals surface area contributed by atoms with Gasteiger partial charge in [-0.2, -0.15) is 0 Å². The molecule has 1 aromatic rings. The van der Waals surface area contributed by atoms with E-state index in [0.717, 1.165) is 6.07 Å². The first-order chi connectivity index (χ1) is 8.60. The summed E-state index contributed by atoms with van der Waals surface area (Å²) in [7, 11) is 5.83. The van der Waals surface area contributed by atoms with E-state index in [1.165, 1.54) is 21.3 Å². The van der Waals surface area contributed by atoms with E-state index in [4.69, 9.17) is 14.2 Å². The minimum absolute atomic E-state index is 0.0459. The lowest BCUT2D eigenvalue weighted by atomic mass is 10.1. The van der Waals surface area contributed by atoms with E-state index in [0.29, 0.717) is 0 Å². The highest BCUT2D eigenvalue weighted by molar-refractivity contribution is 5.55. The van der Waals surface area contributed by atoms with Crippen molar-refractivity contribution < 1.29 is 23.7 Å². The van der Waals surface area contributed by atoms with E-state index >= 15 is 0 Å². The molecule has 1 unspecified atom stereocenters. The van der Waals surface area contributed by atoms with Gasteiger partial charge in [0.1, 0.15) is 0 Å². The van der Waals surface area contributed by atoms with Crippen LogP contribution in [0.2, 0.25) is 0 Å². The number of aliphatic hydroxyl groups is 1. The minimum Gasteiger partial charge on any atom is -0.493 e. The molecule has 0 fully saturated rings. The van der Waals surface area contributed by atoms with Gasteiger partial charge in [-0.25, -0.2) is 4.39 Å². The molecule has 1 aromatic carbocycles. The Balaban J connectivity index is 3.44. The van der Waals surface area contributed by atoms with Crippen LogP contribution in [0.25, 0.3) is 0 Å². The van der Waals surface area contributed by atoms with Gasteiger partial charge in [0, 0.05) is 12.6 Å². The largest absolute Gasteiger partial charge is 0.493 e. The molecule has 0 spiro atoms. The quantitative estimate of drug-likeness (QED) is 0.801. The molecule has 0 radical (unpaired) electrons. The van der Waals surface area contributed by atoms with Gasteiger partial charge in [-0.15, -0.1) is 0 Å². The lowest BCUT2D eigenvalue weighted by Crippen LogP contribution is -2.18. The van der Waals surface area contributed by atoms with Crippen molar-refractivity contribution in [2.24, 2.45) is 0 Å². The maximum atomic E-state index is 13.8. The van der Waals surface area contributed by atoms with E-state index in [2.05, 4.69) is 5.32 Å². The number of likely N-dealkylation sites (N-methyl/N-ethyl adjacent to an activating group) is 1. The summed E-state index contributed by atoms with van der Waals surface area (Å²) in [5.41, 5.74) is 0.228. The molecule has 0 aromatic heterocycles. The first-order valence-electron chi connectivity index (χ1n) is 5.41. The van der Waals surface area contributed by atoms with Gasteiger partial charge < -0.3 is 24.6 Å². The highest BCUT2D eigenvalue weighted by Gasteiger charge is 2.25. The van der Waals surface area contributed by atoms with Gasteiger partial charge in [0.05, 0.1) is 33.0 Å². The molecule has 0 aliphatic heterocycles. The summed E-state index contributed by atoms with van der Waals surface area (Å²) in [5.74, 6) is -0.185. The molecule has 0 aliphatic rings. The molecule has 102 valence electrons. The fraction of sp³-hybridized carbons (Fsp3) is 0.500. The van der Waals surface area contributed by atoms with Crippen LogP contribution in [0.3, 0.4) is 0 Å². The van der Waals surface area contributed by atoms with Crippen molar-refractivity contribution in [3.63, 3.8) is 0 Å². The van der Waals surface area contributed by atoms with E-state index in [-0.39, 0.29) is 29.4 Å². The first-order valence-corrected chi connectivity index (χ1v) is 5.41. The van der Waals surface area contributed by atoms with Crippen LogP contribution in [0, 0.1) is 5.82 Å².